The maximum atomic E-state index is 12.9. The standard InChI is InChI=1S/C15H23N5O2/c1-22-15(2-4-16-5-3-15)14(21)20-10-8-19(9-11-20)13-12-17-6-7-18-13/h6-7,12,16H,2-5,8-11H2,1H3. The fourth-order valence-corrected chi connectivity index (χ4v) is 3.22. The van der Waals surface area contributed by atoms with Crippen molar-refractivity contribution in [3.8, 4) is 0 Å². The van der Waals surface area contributed by atoms with Crippen LogP contribution in [0.5, 0.6) is 0 Å². The molecule has 1 aromatic heterocycles. The van der Waals surface area contributed by atoms with Crippen molar-refractivity contribution >= 4 is 11.7 Å². The molecule has 0 aromatic carbocycles. The van der Waals surface area contributed by atoms with Crippen LogP contribution in [-0.2, 0) is 9.53 Å². The number of nitrogens with zero attached hydrogens (tertiary/aromatic N) is 4. The van der Waals surface area contributed by atoms with Crippen molar-refractivity contribution < 1.29 is 9.53 Å². The molecule has 2 saturated heterocycles. The first-order valence-corrected chi connectivity index (χ1v) is 7.81. The van der Waals surface area contributed by atoms with Gasteiger partial charge in [0.25, 0.3) is 5.91 Å². The molecule has 1 aromatic rings. The smallest absolute Gasteiger partial charge is 0.255 e. The maximum Gasteiger partial charge on any atom is 0.255 e. The summed E-state index contributed by atoms with van der Waals surface area (Å²) < 4.78 is 5.64. The summed E-state index contributed by atoms with van der Waals surface area (Å²) in [5.74, 6) is 1.01. The molecular formula is C15H23N5O2. The number of nitrogens with one attached hydrogen (secondary N) is 1. The Morgan fingerprint density at radius 3 is 2.55 bits per heavy atom. The Kier molecular flexibility index (Phi) is 4.54. The van der Waals surface area contributed by atoms with Crippen LogP contribution >= 0.6 is 0 Å². The van der Waals surface area contributed by atoms with E-state index in [1.54, 1.807) is 25.7 Å². The lowest BCUT2D eigenvalue weighted by Gasteiger charge is -2.42. The average Bonchev–Trinajstić information content (AvgIpc) is 2.62. The number of piperidine rings is 1. The van der Waals surface area contributed by atoms with E-state index in [-0.39, 0.29) is 5.91 Å². The van der Waals surface area contributed by atoms with Crippen LogP contribution < -0.4 is 10.2 Å². The lowest BCUT2D eigenvalue weighted by Crippen LogP contribution is -2.59. The second-order valence-electron chi connectivity index (χ2n) is 5.79. The molecule has 3 heterocycles. The molecule has 0 bridgehead atoms. The lowest BCUT2D eigenvalue weighted by molar-refractivity contribution is -0.158. The first kappa shape index (κ1) is 15.2. The molecule has 0 spiro atoms. The third-order valence-corrected chi connectivity index (χ3v) is 4.63. The number of piperazine rings is 1. The molecule has 7 nitrogen and oxygen atoms in total. The van der Waals surface area contributed by atoms with E-state index in [0.717, 1.165) is 44.8 Å². The van der Waals surface area contributed by atoms with E-state index >= 15 is 0 Å². The van der Waals surface area contributed by atoms with Gasteiger partial charge in [0, 0.05) is 45.7 Å². The zero-order chi connectivity index (χ0) is 15.4. The average molecular weight is 305 g/mol. The predicted molar refractivity (Wildman–Crippen MR) is 82.7 cm³/mol. The van der Waals surface area contributed by atoms with Gasteiger partial charge in [0.2, 0.25) is 0 Å². The van der Waals surface area contributed by atoms with Crippen molar-refractivity contribution in [2.75, 3.05) is 51.3 Å². The number of carbonyl (C=O) groups excluding carboxylic acids is 1. The van der Waals surface area contributed by atoms with Crippen LogP contribution in [-0.4, -0.2) is 72.8 Å². The molecule has 2 fully saturated rings. The number of amides is 1. The third kappa shape index (κ3) is 2.91. The van der Waals surface area contributed by atoms with Gasteiger partial charge >= 0.3 is 0 Å². The van der Waals surface area contributed by atoms with Gasteiger partial charge in [-0.1, -0.05) is 0 Å². The summed E-state index contributed by atoms with van der Waals surface area (Å²) in [6, 6.07) is 0. The zero-order valence-electron chi connectivity index (χ0n) is 13.0. The summed E-state index contributed by atoms with van der Waals surface area (Å²) in [6.45, 7) is 4.63. The van der Waals surface area contributed by atoms with Gasteiger partial charge in [0.1, 0.15) is 11.4 Å². The minimum atomic E-state index is -0.639. The van der Waals surface area contributed by atoms with E-state index in [4.69, 9.17) is 4.74 Å². The molecular weight excluding hydrogens is 282 g/mol. The van der Waals surface area contributed by atoms with Crippen molar-refractivity contribution in [3.63, 3.8) is 0 Å². The largest absolute Gasteiger partial charge is 0.368 e. The quantitative estimate of drug-likeness (QED) is 0.840. The minimum Gasteiger partial charge on any atom is -0.368 e. The van der Waals surface area contributed by atoms with Crippen LogP contribution in [0.15, 0.2) is 18.6 Å². The fourth-order valence-electron chi connectivity index (χ4n) is 3.22. The second kappa shape index (κ2) is 6.58. The molecule has 1 N–H and O–H groups in total. The number of carbonyl (C=O) groups is 1. The number of aromatic nitrogens is 2. The Morgan fingerprint density at radius 1 is 1.23 bits per heavy atom. The number of rotatable bonds is 3. The normalized spacial score (nSPS) is 21.7. The molecule has 22 heavy (non-hydrogen) atoms. The molecule has 120 valence electrons. The molecule has 2 aliphatic rings. The molecule has 2 aliphatic heterocycles. The fraction of sp³-hybridized carbons (Fsp3) is 0.667. The Labute approximate surface area is 130 Å². The van der Waals surface area contributed by atoms with E-state index in [9.17, 15) is 4.79 Å². The van der Waals surface area contributed by atoms with Crippen LogP contribution in [0.2, 0.25) is 0 Å². The van der Waals surface area contributed by atoms with E-state index in [1.807, 2.05) is 4.90 Å². The van der Waals surface area contributed by atoms with Crippen LogP contribution in [0.4, 0.5) is 5.82 Å². The van der Waals surface area contributed by atoms with Gasteiger partial charge in [-0.2, -0.15) is 0 Å². The van der Waals surface area contributed by atoms with Crippen molar-refractivity contribution in [1.29, 1.82) is 0 Å². The van der Waals surface area contributed by atoms with Gasteiger partial charge in [-0.25, -0.2) is 4.98 Å². The van der Waals surface area contributed by atoms with Crippen molar-refractivity contribution in [2.45, 2.75) is 18.4 Å². The summed E-state index contributed by atoms with van der Waals surface area (Å²) >= 11 is 0. The van der Waals surface area contributed by atoms with Crippen molar-refractivity contribution in [3.05, 3.63) is 18.6 Å². The van der Waals surface area contributed by atoms with Crippen LogP contribution in [0.1, 0.15) is 12.8 Å². The van der Waals surface area contributed by atoms with Crippen LogP contribution in [0.3, 0.4) is 0 Å². The first-order valence-electron chi connectivity index (χ1n) is 7.81. The van der Waals surface area contributed by atoms with Crippen molar-refractivity contribution in [1.82, 2.24) is 20.2 Å². The van der Waals surface area contributed by atoms with Crippen LogP contribution in [0, 0.1) is 0 Å². The molecule has 1 amide bonds. The molecule has 0 atom stereocenters. The summed E-state index contributed by atoms with van der Waals surface area (Å²) in [7, 11) is 1.65. The summed E-state index contributed by atoms with van der Waals surface area (Å²) in [6.07, 6.45) is 6.62. The highest BCUT2D eigenvalue weighted by Gasteiger charge is 2.43. The number of ether oxygens (including phenoxy) is 1. The molecule has 3 rings (SSSR count). The third-order valence-electron chi connectivity index (χ3n) is 4.63. The SMILES string of the molecule is COC1(C(=O)N2CCN(c3cnccn3)CC2)CCNCC1. The van der Waals surface area contributed by atoms with Crippen LogP contribution in [0.25, 0.3) is 0 Å². The lowest BCUT2D eigenvalue weighted by atomic mass is 9.90. The van der Waals surface area contributed by atoms with E-state index in [0.29, 0.717) is 13.1 Å². The molecule has 0 unspecified atom stereocenters. The van der Waals surface area contributed by atoms with Gasteiger partial charge < -0.3 is 19.9 Å². The van der Waals surface area contributed by atoms with Gasteiger partial charge in [-0.15, -0.1) is 0 Å². The first-order chi connectivity index (χ1) is 10.7. The van der Waals surface area contributed by atoms with E-state index in [2.05, 4.69) is 20.2 Å². The van der Waals surface area contributed by atoms with E-state index in [1.165, 1.54) is 0 Å². The predicted octanol–water partition coefficient (Wildman–Crippen LogP) is -0.106. The Hall–Kier alpha value is -1.73. The number of hydrogen-bond acceptors (Lipinski definition) is 6. The van der Waals surface area contributed by atoms with E-state index < -0.39 is 5.60 Å². The monoisotopic (exact) mass is 305 g/mol. The molecule has 0 aliphatic carbocycles. The highest BCUT2D eigenvalue weighted by Crippen LogP contribution is 2.26. The molecule has 7 heteroatoms. The maximum absolute atomic E-state index is 12.9. The summed E-state index contributed by atoms with van der Waals surface area (Å²) in [5.41, 5.74) is -0.639. The molecule has 0 saturated carbocycles. The molecule has 0 radical (unpaired) electrons. The van der Waals surface area contributed by atoms with Gasteiger partial charge in [0.05, 0.1) is 6.20 Å². The van der Waals surface area contributed by atoms with Gasteiger partial charge in [0.15, 0.2) is 0 Å². The van der Waals surface area contributed by atoms with Crippen molar-refractivity contribution in [2.24, 2.45) is 0 Å². The zero-order valence-corrected chi connectivity index (χ0v) is 13.0. The minimum absolute atomic E-state index is 0.135. The number of anilines is 1. The topological polar surface area (TPSA) is 70.6 Å². The number of hydrogen-bond donors (Lipinski definition) is 1. The number of methoxy groups -OCH3 is 1. The second-order valence-corrected chi connectivity index (χ2v) is 5.79. The Balaban J connectivity index is 1.62. The van der Waals surface area contributed by atoms with Gasteiger partial charge in [-0.3, -0.25) is 9.78 Å². The summed E-state index contributed by atoms with van der Waals surface area (Å²) in [4.78, 5) is 25.4. The highest BCUT2D eigenvalue weighted by molar-refractivity contribution is 5.85. The summed E-state index contributed by atoms with van der Waals surface area (Å²) in [5, 5.41) is 3.29. The Bertz CT molecular complexity index is 496. The highest BCUT2D eigenvalue weighted by atomic mass is 16.5. The van der Waals surface area contributed by atoms with Gasteiger partial charge in [-0.05, 0) is 25.9 Å². The Morgan fingerprint density at radius 2 is 1.95 bits per heavy atom.